The van der Waals surface area contributed by atoms with Crippen LogP contribution in [0.1, 0.15) is 70.9 Å². The van der Waals surface area contributed by atoms with Crippen molar-refractivity contribution in [1.29, 1.82) is 0 Å². The summed E-state index contributed by atoms with van der Waals surface area (Å²) in [7, 11) is 1.91. The van der Waals surface area contributed by atoms with Gasteiger partial charge < -0.3 is 0 Å². The fraction of sp³-hybridized carbons (Fsp3) is 0.370. The number of aryl methyl sites for hydroxylation is 3. The van der Waals surface area contributed by atoms with E-state index >= 15 is 0 Å². The van der Waals surface area contributed by atoms with Crippen molar-refractivity contribution >= 4 is 32.3 Å². The Hall–Kier alpha value is -3.15. The van der Waals surface area contributed by atoms with E-state index in [4.69, 9.17) is 6.42 Å². The summed E-state index contributed by atoms with van der Waals surface area (Å²) < 4.78 is 2.98. The van der Waals surface area contributed by atoms with Gasteiger partial charge in [-0.1, -0.05) is 53.4 Å². The highest BCUT2D eigenvalue weighted by Crippen LogP contribution is 2.26. The van der Waals surface area contributed by atoms with Gasteiger partial charge in [-0.3, -0.25) is 14.6 Å². The van der Waals surface area contributed by atoms with Crippen molar-refractivity contribution in [1.82, 2.24) is 19.7 Å². The van der Waals surface area contributed by atoms with Crippen LogP contribution in [0.2, 0.25) is 0 Å². The molecule has 4 heterocycles. The van der Waals surface area contributed by atoms with Crippen LogP contribution in [-0.4, -0.2) is 19.7 Å². The molecular weight excluding hydrogens is 412 g/mol. The van der Waals surface area contributed by atoms with Crippen LogP contribution < -0.4 is 0 Å². The second-order valence-corrected chi connectivity index (χ2v) is 6.73. The van der Waals surface area contributed by atoms with Gasteiger partial charge in [-0.25, -0.2) is 0 Å². The molecule has 4 aromatic heterocycles. The molecule has 4 nitrogen and oxygen atoms in total. The third kappa shape index (κ3) is 6.94. The molecule has 0 saturated carbocycles. The van der Waals surface area contributed by atoms with E-state index < -0.39 is 0 Å². The third-order valence-corrected chi connectivity index (χ3v) is 4.94. The maximum absolute atomic E-state index is 5.37. The number of hydrogen-bond acceptors (Lipinski definition) is 4. The molecule has 0 fully saturated rings. The van der Waals surface area contributed by atoms with Gasteiger partial charge in [0.25, 0.3) is 0 Å². The molecule has 4 aromatic rings. The Labute approximate surface area is 198 Å². The lowest BCUT2D eigenvalue weighted by Crippen LogP contribution is -1.89. The van der Waals surface area contributed by atoms with Gasteiger partial charge >= 0.3 is 0 Å². The minimum absolute atomic E-state index is 0.838. The Morgan fingerprint density at radius 2 is 1.44 bits per heavy atom. The number of hydrogen-bond donors (Lipinski definition) is 0. The highest BCUT2D eigenvalue weighted by atomic mass is 32.1. The summed E-state index contributed by atoms with van der Waals surface area (Å²) in [6.07, 6.45) is 12.7. The summed E-state index contributed by atoms with van der Waals surface area (Å²) in [5.41, 5.74) is 5.12. The lowest BCUT2D eigenvalue weighted by atomic mass is 10.1. The molecule has 0 saturated heterocycles. The first-order valence-corrected chi connectivity index (χ1v) is 11.9. The number of fused-ring (bicyclic) bond motifs is 2. The monoisotopic (exact) mass is 448 g/mol. The zero-order valence-corrected chi connectivity index (χ0v) is 22.0. The van der Waals surface area contributed by atoms with Gasteiger partial charge in [-0.2, -0.15) is 5.10 Å². The molecule has 32 heavy (non-hydrogen) atoms. The van der Waals surface area contributed by atoms with Crippen molar-refractivity contribution in [3.05, 3.63) is 52.6 Å². The van der Waals surface area contributed by atoms with E-state index in [0.29, 0.717) is 0 Å². The van der Waals surface area contributed by atoms with Crippen LogP contribution in [-0.2, 0) is 7.05 Å². The Morgan fingerprint density at radius 3 is 2.00 bits per heavy atom. The molecule has 0 N–H and O–H groups in total. The molecule has 0 aliphatic carbocycles. The van der Waals surface area contributed by atoms with Crippen LogP contribution in [0.3, 0.4) is 0 Å². The fourth-order valence-corrected chi connectivity index (χ4v) is 3.77. The normalized spacial score (nSPS) is 8.66. The molecule has 4 rings (SSSR count). The summed E-state index contributed by atoms with van der Waals surface area (Å²) >= 11 is 1.65. The third-order valence-electron chi connectivity index (χ3n) is 4.02. The molecule has 5 heteroatoms. The predicted molar refractivity (Wildman–Crippen MR) is 142 cm³/mol. The largest absolute Gasteiger partial charge is 0.265 e. The zero-order chi connectivity index (χ0) is 24.7. The first-order valence-electron chi connectivity index (χ1n) is 11.0. The smallest absolute Gasteiger partial charge is 0.143 e. The highest BCUT2D eigenvalue weighted by molar-refractivity contribution is 7.17. The van der Waals surface area contributed by atoms with Crippen LogP contribution in [0.15, 0.2) is 30.2 Å². The summed E-state index contributed by atoms with van der Waals surface area (Å²) in [4.78, 5) is 8.24. The van der Waals surface area contributed by atoms with E-state index in [1.54, 1.807) is 11.3 Å². The number of pyridine rings is 2. The average Bonchev–Trinajstić information content (AvgIpc) is 3.41. The number of aromatic nitrogens is 4. The maximum Gasteiger partial charge on any atom is 0.143 e. The number of rotatable bonds is 0. The minimum atomic E-state index is 0.838. The van der Waals surface area contributed by atoms with Gasteiger partial charge in [-0.05, 0) is 37.8 Å². The second kappa shape index (κ2) is 15.6. The Bertz CT molecular complexity index is 1200. The molecule has 0 aliphatic heterocycles. The van der Waals surface area contributed by atoms with Gasteiger partial charge in [0.05, 0.1) is 16.4 Å². The molecule has 0 unspecified atom stereocenters. The topological polar surface area (TPSA) is 43.6 Å². The molecule has 0 spiro atoms. The van der Waals surface area contributed by atoms with Gasteiger partial charge in [0, 0.05) is 47.4 Å². The van der Waals surface area contributed by atoms with E-state index in [1.807, 2.05) is 104 Å². The van der Waals surface area contributed by atoms with E-state index in [9.17, 15) is 0 Å². The summed E-state index contributed by atoms with van der Waals surface area (Å²) in [5, 5.41) is 8.63. The number of thiophene rings is 1. The Balaban J connectivity index is 0.000000491. The van der Waals surface area contributed by atoms with Crippen molar-refractivity contribution in [3.8, 4) is 24.2 Å². The summed E-state index contributed by atoms with van der Waals surface area (Å²) in [5.74, 6) is 8.55. The minimum Gasteiger partial charge on any atom is -0.265 e. The molecule has 0 radical (unpaired) electrons. The SMILES string of the molecule is C#Cc1csc2cncc(C)c12.CC.CC.CC.CC#Cc1nn(C)c2cncc(C)c12. The van der Waals surface area contributed by atoms with E-state index in [-0.39, 0.29) is 0 Å². The molecule has 0 aliphatic rings. The summed E-state index contributed by atoms with van der Waals surface area (Å²) in [6.45, 7) is 17.9. The van der Waals surface area contributed by atoms with Gasteiger partial charge in [0.15, 0.2) is 0 Å². The first-order chi connectivity index (χ1) is 15.6. The lowest BCUT2D eigenvalue weighted by Gasteiger charge is -1.94. The number of nitrogens with zero attached hydrogens (tertiary/aromatic N) is 4. The van der Waals surface area contributed by atoms with Crippen molar-refractivity contribution < 1.29 is 0 Å². The van der Waals surface area contributed by atoms with E-state index in [2.05, 4.69) is 32.8 Å². The molecule has 0 atom stereocenters. The first kappa shape index (κ1) is 28.9. The van der Waals surface area contributed by atoms with E-state index in [0.717, 1.165) is 33.3 Å². The van der Waals surface area contributed by atoms with Crippen molar-refractivity contribution in [2.75, 3.05) is 0 Å². The summed E-state index contributed by atoms with van der Waals surface area (Å²) in [6, 6.07) is 0. The van der Waals surface area contributed by atoms with Crippen molar-refractivity contribution in [2.24, 2.45) is 7.05 Å². The van der Waals surface area contributed by atoms with Gasteiger partial charge in [-0.15, -0.1) is 17.8 Å². The standard InChI is InChI=1S/C11H11N3.C10H7NS.3C2H6/c1-4-5-9-11-8(2)6-12-7-10(11)14(3)13-9;1-3-8-6-12-9-5-11-4-7(2)10(8)9;3*1-2/h6-7H,1-3H3;1,4-6H,2H3;3*1-2H3. The lowest BCUT2D eigenvalue weighted by molar-refractivity contribution is 0.790. The predicted octanol–water partition coefficient (Wildman–Crippen LogP) is 7.31. The quantitative estimate of drug-likeness (QED) is 0.265. The highest BCUT2D eigenvalue weighted by Gasteiger charge is 2.08. The zero-order valence-electron chi connectivity index (χ0n) is 21.2. The van der Waals surface area contributed by atoms with Crippen LogP contribution in [0.5, 0.6) is 0 Å². The van der Waals surface area contributed by atoms with Gasteiger partial charge in [0.2, 0.25) is 0 Å². The Morgan fingerprint density at radius 1 is 0.875 bits per heavy atom. The molecule has 0 aromatic carbocycles. The average molecular weight is 449 g/mol. The van der Waals surface area contributed by atoms with Crippen LogP contribution in [0.4, 0.5) is 0 Å². The van der Waals surface area contributed by atoms with Crippen LogP contribution in [0.25, 0.3) is 21.0 Å². The molecule has 0 bridgehead atoms. The molecular formula is C27H36N4S. The molecule has 0 amide bonds. The fourth-order valence-electron chi connectivity index (χ4n) is 2.83. The van der Waals surface area contributed by atoms with Gasteiger partial charge in [0.1, 0.15) is 5.69 Å². The van der Waals surface area contributed by atoms with Crippen LogP contribution in [0, 0.1) is 38.0 Å². The van der Waals surface area contributed by atoms with Crippen molar-refractivity contribution in [3.63, 3.8) is 0 Å². The second-order valence-electron chi connectivity index (χ2n) is 5.82. The molecule has 170 valence electrons. The van der Waals surface area contributed by atoms with E-state index in [1.165, 1.54) is 10.1 Å². The van der Waals surface area contributed by atoms with Crippen molar-refractivity contribution in [2.45, 2.75) is 62.3 Å². The van der Waals surface area contributed by atoms with Crippen LogP contribution >= 0.6 is 11.3 Å². The number of terminal acetylenes is 1. The maximum atomic E-state index is 5.37. The Kier molecular flexibility index (Phi) is 14.1.